The van der Waals surface area contributed by atoms with Crippen LogP contribution in [0.5, 0.6) is 0 Å². The van der Waals surface area contributed by atoms with Crippen molar-refractivity contribution in [3.8, 4) is 11.3 Å². The molecule has 0 bridgehead atoms. The normalized spacial score (nSPS) is 20.9. The summed E-state index contributed by atoms with van der Waals surface area (Å²) in [5.74, 6) is 1.56. The van der Waals surface area contributed by atoms with Crippen LogP contribution in [0.4, 0.5) is 0 Å². The van der Waals surface area contributed by atoms with Gasteiger partial charge >= 0.3 is 154 Å². The van der Waals surface area contributed by atoms with Gasteiger partial charge in [-0.2, -0.15) is 0 Å². The number of nitrogens with zero attached hydrogens (tertiary/aromatic N) is 1. The van der Waals surface area contributed by atoms with E-state index in [-0.39, 0.29) is 171 Å². The predicted octanol–water partition coefficient (Wildman–Crippen LogP) is -4.14. The van der Waals surface area contributed by atoms with Crippen molar-refractivity contribution < 1.29 is 164 Å². The minimum absolute atomic E-state index is 0. The quantitative estimate of drug-likeness (QED) is 0.222. The third-order valence-corrected chi connectivity index (χ3v) is 6.59. The molecule has 0 amide bonds. The van der Waals surface area contributed by atoms with Crippen LogP contribution in [0.3, 0.4) is 0 Å². The van der Waals surface area contributed by atoms with Crippen molar-refractivity contribution in [3.05, 3.63) is 40.6 Å². The molecule has 0 radical (unpaired) electrons. The molecule has 0 spiro atoms. The van der Waals surface area contributed by atoms with Gasteiger partial charge in [-0.1, -0.05) is 49.5 Å². The second-order valence-electron chi connectivity index (χ2n) is 8.62. The first-order chi connectivity index (χ1) is 13.1. The number of aromatic nitrogens is 1. The van der Waals surface area contributed by atoms with Crippen molar-refractivity contribution in [1.29, 1.82) is 0 Å². The van der Waals surface area contributed by atoms with Gasteiger partial charge in [0.25, 0.3) is 0 Å². The van der Waals surface area contributed by atoms with Gasteiger partial charge < -0.3 is 25.3 Å². The van der Waals surface area contributed by atoms with Crippen molar-refractivity contribution in [2.24, 2.45) is 5.73 Å². The van der Waals surface area contributed by atoms with Crippen LogP contribution in [0.15, 0.2) is 22.7 Å². The molecule has 1 heterocycles. The van der Waals surface area contributed by atoms with Gasteiger partial charge in [-0.05, 0) is 55.6 Å². The van der Waals surface area contributed by atoms with Crippen LogP contribution < -0.4 is 160 Å². The number of rotatable bonds is 7. The molecule has 1 aromatic heterocycles. The van der Waals surface area contributed by atoms with Crippen LogP contribution in [-0.2, 0) is 19.3 Å². The predicted molar refractivity (Wildman–Crippen MR) is 117 cm³/mol. The first-order valence-electron chi connectivity index (χ1n) is 10.6. The zero-order valence-corrected chi connectivity index (χ0v) is 30.6. The van der Waals surface area contributed by atoms with Crippen LogP contribution in [0, 0.1) is 0 Å². The van der Waals surface area contributed by atoms with E-state index in [1.54, 1.807) is 0 Å². The van der Waals surface area contributed by atoms with Crippen molar-refractivity contribution in [1.82, 2.24) is 5.16 Å². The van der Waals surface area contributed by atoms with Crippen molar-refractivity contribution in [2.75, 3.05) is 6.61 Å². The fraction of sp³-hybridized carbons (Fsp3) is 0.609. The molecule has 0 aliphatic heterocycles. The minimum Gasteiger partial charge on any atom is -0.577 e. The van der Waals surface area contributed by atoms with E-state index >= 15 is 0 Å². The van der Waals surface area contributed by atoms with Crippen LogP contribution in [-0.4, -0.2) is 22.4 Å². The maximum atomic E-state index is 9.54. The minimum atomic E-state index is -0.396. The molecule has 1 saturated carbocycles. The Morgan fingerprint density at radius 2 is 1.94 bits per heavy atom. The second-order valence-corrected chi connectivity index (χ2v) is 8.62. The van der Waals surface area contributed by atoms with Crippen molar-refractivity contribution in [2.45, 2.75) is 82.6 Å². The third kappa shape index (κ3) is 8.61. The molecule has 31 heavy (non-hydrogen) atoms. The van der Waals surface area contributed by atoms with Gasteiger partial charge in [-0.25, -0.2) is 0 Å². The SMILES string of the molecule is CCCCCCc1onc2c1CCc1cc(C3CCC(N)(CO)C3)ccc1-2.[K+].[K+].[K+].[PH2-]. The zero-order chi connectivity index (χ0) is 18.9. The number of nitrogens with two attached hydrogens (primary N) is 1. The summed E-state index contributed by atoms with van der Waals surface area (Å²) in [6.45, 7) is 2.32. The number of unbranched alkanes of at least 4 members (excludes halogenated alkanes) is 3. The van der Waals surface area contributed by atoms with Gasteiger partial charge in [0.15, 0.2) is 0 Å². The van der Waals surface area contributed by atoms with Gasteiger partial charge in [-0.3, -0.25) is 0 Å². The fourth-order valence-corrected chi connectivity index (χ4v) is 4.87. The van der Waals surface area contributed by atoms with Gasteiger partial charge in [-0.15, -0.1) is 0 Å². The molecule has 2 atom stereocenters. The van der Waals surface area contributed by atoms with Gasteiger partial charge in [0.1, 0.15) is 11.5 Å². The molecule has 1 fully saturated rings. The molecule has 4 rings (SSSR count). The Morgan fingerprint density at radius 3 is 2.61 bits per heavy atom. The molecule has 2 unspecified atom stereocenters. The Hall–Kier alpha value is 3.69. The van der Waals surface area contributed by atoms with Crippen LogP contribution in [0.25, 0.3) is 11.3 Å². The summed E-state index contributed by atoms with van der Waals surface area (Å²) < 4.78 is 5.73. The summed E-state index contributed by atoms with van der Waals surface area (Å²) in [6, 6.07) is 6.81. The molecule has 2 aliphatic carbocycles. The van der Waals surface area contributed by atoms with E-state index in [0.717, 1.165) is 50.0 Å². The summed E-state index contributed by atoms with van der Waals surface area (Å²) in [7, 11) is 0. The van der Waals surface area contributed by atoms with E-state index < -0.39 is 5.54 Å². The van der Waals surface area contributed by atoms with Gasteiger partial charge in [0, 0.05) is 23.1 Å². The average Bonchev–Trinajstić information content (AvgIpc) is 3.29. The first kappa shape index (κ1) is 34.7. The zero-order valence-electron chi connectivity index (χ0n) is 20.0. The molecule has 2 aliphatic rings. The second kappa shape index (κ2) is 16.5. The van der Waals surface area contributed by atoms with E-state index in [9.17, 15) is 5.11 Å². The number of aryl methyl sites for hydroxylation is 2. The number of hydrogen-bond donors (Lipinski definition) is 2. The molecule has 4 nitrogen and oxygen atoms in total. The summed E-state index contributed by atoms with van der Waals surface area (Å²) in [5.41, 5.74) is 12.2. The van der Waals surface area contributed by atoms with Crippen LogP contribution in [0.1, 0.15) is 80.2 Å². The first-order valence-corrected chi connectivity index (χ1v) is 10.6. The van der Waals surface area contributed by atoms with E-state index in [4.69, 9.17) is 10.3 Å². The Morgan fingerprint density at radius 1 is 1.16 bits per heavy atom. The molecule has 0 saturated heterocycles. The van der Waals surface area contributed by atoms with E-state index in [0.29, 0.717) is 5.92 Å². The molecular weight excluding hydrogens is 485 g/mol. The van der Waals surface area contributed by atoms with Crippen molar-refractivity contribution in [3.63, 3.8) is 0 Å². The number of benzene rings is 1. The Kier molecular flexibility index (Phi) is 18.5. The standard InChI is InChI=1S/C23H32N2O2.3K.H2P/c1-2-3-4-5-6-21-20-10-8-17-13-16(7-9-19(17)22(20)25-27-21)18-11-12-23(24,14-18)15-26;;;;/h7,9,13,18,26H,2-6,8,10-12,14-15,24H2,1H3;;;;1H2/q;3*+1;-1. The maximum Gasteiger partial charge on any atom is 1.00 e. The van der Waals surface area contributed by atoms with Gasteiger partial charge in [0.2, 0.25) is 0 Å². The third-order valence-electron chi connectivity index (χ3n) is 6.59. The van der Waals surface area contributed by atoms with E-state index in [2.05, 4.69) is 30.3 Å². The summed E-state index contributed by atoms with van der Waals surface area (Å²) >= 11 is 0. The number of fused-ring (bicyclic) bond motifs is 3. The summed E-state index contributed by atoms with van der Waals surface area (Å²) in [5, 5.41) is 14.0. The Balaban J connectivity index is 0.00000225. The average molecular weight is 519 g/mol. The Labute approximate surface area is 318 Å². The smallest absolute Gasteiger partial charge is 0.577 e. The monoisotopic (exact) mass is 518 g/mol. The largest absolute Gasteiger partial charge is 1.00 e. The Bertz CT molecular complexity index is 818. The number of hydrogen-bond acceptors (Lipinski definition) is 4. The summed E-state index contributed by atoms with van der Waals surface area (Å²) in [4.78, 5) is 0. The fourth-order valence-electron chi connectivity index (χ4n) is 4.87. The molecule has 154 valence electrons. The van der Waals surface area contributed by atoms with Crippen LogP contribution >= 0.6 is 9.90 Å². The molecule has 1 aromatic carbocycles. The maximum absolute atomic E-state index is 9.54. The number of aliphatic hydroxyl groups is 1. The molecular formula is C23H34K3N2O2P+2. The van der Waals surface area contributed by atoms with E-state index in [1.165, 1.54) is 47.9 Å². The van der Waals surface area contributed by atoms with E-state index in [1.807, 2.05) is 0 Å². The van der Waals surface area contributed by atoms with Gasteiger partial charge in [0.05, 0.1) is 6.61 Å². The van der Waals surface area contributed by atoms with Crippen LogP contribution in [0.2, 0.25) is 0 Å². The number of aliphatic hydroxyl groups excluding tert-OH is 1. The topological polar surface area (TPSA) is 72.3 Å². The molecule has 3 N–H and O–H groups in total. The molecule has 2 aromatic rings. The molecule has 8 heteroatoms. The van der Waals surface area contributed by atoms with Crippen molar-refractivity contribution >= 4 is 9.90 Å². The summed E-state index contributed by atoms with van der Waals surface area (Å²) in [6.07, 6.45) is 10.9.